The largest absolute Gasteiger partial charge is 0.353 e. The Hall–Kier alpha value is -1.06. The van der Waals surface area contributed by atoms with Crippen molar-refractivity contribution in [3.8, 4) is 0 Å². The molecule has 1 saturated heterocycles. The first-order chi connectivity index (χ1) is 8.04. The highest BCUT2D eigenvalue weighted by Gasteiger charge is 2.27. The Kier molecular flexibility index (Phi) is 5.45. The van der Waals surface area contributed by atoms with Gasteiger partial charge in [-0.2, -0.15) is 0 Å². The molecule has 1 heterocycles. The van der Waals surface area contributed by atoms with Gasteiger partial charge in [0.05, 0.1) is 5.92 Å². The van der Waals surface area contributed by atoms with Gasteiger partial charge in [-0.05, 0) is 26.2 Å². The van der Waals surface area contributed by atoms with E-state index in [9.17, 15) is 9.59 Å². The summed E-state index contributed by atoms with van der Waals surface area (Å²) in [6.07, 6.45) is 3.91. The lowest BCUT2D eigenvalue weighted by atomic mass is 9.96. The van der Waals surface area contributed by atoms with Crippen LogP contribution < -0.4 is 5.32 Å². The van der Waals surface area contributed by atoms with Crippen molar-refractivity contribution in [3.63, 3.8) is 0 Å². The molecule has 1 N–H and O–H groups in total. The Morgan fingerprint density at radius 2 is 2.18 bits per heavy atom. The summed E-state index contributed by atoms with van der Waals surface area (Å²) in [6.45, 7) is 7.09. The van der Waals surface area contributed by atoms with E-state index in [1.54, 1.807) is 11.8 Å². The third-order valence-corrected chi connectivity index (χ3v) is 3.35. The van der Waals surface area contributed by atoms with Crippen molar-refractivity contribution in [2.24, 2.45) is 5.92 Å². The number of carbonyl (C=O) groups excluding carboxylic acids is 2. The van der Waals surface area contributed by atoms with Crippen LogP contribution in [0.25, 0.3) is 0 Å². The van der Waals surface area contributed by atoms with E-state index in [1.807, 2.05) is 6.92 Å². The van der Waals surface area contributed by atoms with Gasteiger partial charge in [0.2, 0.25) is 11.8 Å². The minimum absolute atomic E-state index is 0.0213. The molecule has 0 aromatic carbocycles. The average Bonchev–Trinajstić information content (AvgIpc) is 2.29. The highest BCUT2D eigenvalue weighted by atomic mass is 16.2. The van der Waals surface area contributed by atoms with Gasteiger partial charge in [0, 0.05) is 26.1 Å². The Labute approximate surface area is 104 Å². The smallest absolute Gasteiger partial charge is 0.225 e. The fourth-order valence-electron chi connectivity index (χ4n) is 2.34. The van der Waals surface area contributed by atoms with E-state index >= 15 is 0 Å². The minimum Gasteiger partial charge on any atom is -0.353 e. The van der Waals surface area contributed by atoms with Crippen molar-refractivity contribution in [2.45, 2.75) is 52.5 Å². The minimum atomic E-state index is -0.0213. The Morgan fingerprint density at radius 1 is 1.47 bits per heavy atom. The van der Waals surface area contributed by atoms with E-state index in [4.69, 9.17) is 0 Å². The van der Waals surface area contributed by atoms with E-state index in [-0.39, 0.29) is 23.8 Å². The van der Waals surface area contributed by atoms with Gasteiger partial charge in [-0.1, -0.05) is 13.3 Å². The Morgan fingerprint density at radius 3 is 2.76 bits per heavy atom. The first kappa shape index (κ1) is 14.0. The van der Waals surface area contributed by atoms with Crippen LogP contribution in [0.3, 0.4) is 0 Å². The van der Waals surface area contributed by atoms with Crippen molar-refractivity contribution < 1.29 is 9.59 Å². The number of nitrogens with zero attached hydrogens (tertiary/aromatic N) is 1. The molecule has 0 saturated carbocycles. The Balaban J connectivity index is 2.43. The fraction of sp³-hybridized carbons (Fsp3) is 0.846. The van der Waals surface area contributed by atoms with Crippen LogP contribution >= 0.6 is 0 Å². The number of nitrogens with one attached hydrogen (secondary N) is 1. The van der Waals surface area contributed by atoms with Gasteiger partial charge in [0.15, 0.2) is 0 Å². The highest BCUT2D eigenvalue weighted by Crippen LogP contribution is 2.17. The van der Waals surface area contributed by atoms with Crippen LogP contribution in [0.4, 0.5) is 0 Å². The van der Waals surface area contributed by atoms with Crippen LogP contribution in [-0.4, -0.2) is 35.8 Å². The van der Waals surface area contributed by atoms with Crippen molar-refractivity contribution in [2.75, 3.05) is 13.1 Å². The van der Waals surface area contributed by atoms with Crippen LogP contribution in [0.15, 0.2) is 0 Å². The zero-order valence-electron chi connectivity index (χ0n) is 11.2. The number of hydrogen-bond donors (Lipinski definition) is 1. The number of rotatable bonds is 4. The molecule has 1 aliphatic rings. The second-order valence-electron chi connectivity index (χ2n) is 5.00. The molecule has 4 nitrogen and oxygen atoms in total. The maximum Gasteiger partial charge on any atom is 0.225 e. The molecule has 1 fully saturated rings. The van der Waals surface area contributed by atoms with E-state index in [1.165, 1.54) is 0 Å². The van der Waals surface area contributed by atoms with Gasteiger partial charge >= 0.3 is 0 Å². The normalized spacial score (nSPS) is 22.1. The molecular formula is C13H24N2O2. The first-order valence-electron chi connectivity index (χ1n) is 6.60. The monoisotopic (exact) mass is 240 g/mol. The molecule has 17 heavy (non-hydrogen) atoms. The summed E-state index contributed by atoms with van der Waals surface area (Å²) in [7, 11) is 0. The van der Waals surface area contributed by atoms with Crippen LogP contribution in [0.1, 0.15) is 46.5 Å². The first-order valence-corrected chi connectivity index (χ1v) is 6.60. The SMILES string of the molecule is CCCC(C)NC(=O)C1CCCN(C(C)=O)C1. The summed E-state index contributed by atoms with van der Waals surface area (Å²) in [6, 6.07) is 0.236. The maximum atomic E-state index is 12.0. The summed E-state index contributed by atoms with van der Waals surface area (Å²) in [5.41, 5.74) is 0. The average molecular weight is 240 g/mol. The summed E-state index contributed by atoms with van der Waals surface area (Å²) in [5, 5.41) is 3.03. The Bertz CT molecular complexity index is 279. The van der Waals surface area contributed by atoms with E-state index in [0.717, 1.165) is 32.2 Å². The number of likely N-dealkylation sites (tertiary alicyclic amines) is 1. The third kappa shape index (κ3) is 4.36. The predicted molar refractivity (Wildman–Crippen MR) is 67.5 cm³/mol. The van der Waals surface area contributed by atoms with E-state index in [0.29, 0.717) is 6.54 Å². The molecule has 0 aromatic heterocycles. The summed E-state index contributed by atoms with van der Waals surface area (Å²) < 4.78 is 0. The molecule has 0 spiro atoms. The summed E-state index contributed by atoms with van der Waals surface area (Å²) >= 11 is 0. The van der Waals surface area contributed by atoms with Gasteiger partial charge in [0.1, 0.15) is 0 Å². The molecule has 0 aliphatic carbocycles. The lowest BCUT2D eigenvalue weighted by Gasteiger charge is -2.31. The lowest BCUT2D eigenvalue weighted by Crippen LogP contribution is -2.46. The molecule has 0 aromatic rings. The second-order valence-corrected chi connectivity index (χ2v) is 5.00. The quantitative estimate of drug-likeness (QED) is 0.810. The third-order valence-electron chi connectivity index (χ3n) is 3.35. The molecule has 0 radical (unpaired) electrons. The van der Waals surface area contributed by atoms with Crippen molar-refractivity contribution in [1.82, 2.24) is 10.2 Å². The fourth-order valence-corrected chi connectivity index (χ4v) is 2.34. The number of carbonyl (C=O) groups is 2. The molecule has 2 atom stereocenters. The zero-order chi connectivity index (χ0) is 12.8. The van der Waals surface area contributed by atoms with Crippen molar-refractivity contribution >= 4 is 11.8 Å². The van der Waals surface area contributed by atoms with Crippen molar-refractivity contribution in [3.05, 3.63) is 0 Å². The standard InChI is InChI=1S/C13H24N2O2/c1-4-6-10(2)14-13(17)12-7-5-8-15(9-12)11(3)16/h10,12H,4-9H2,1-3H3,(H,14,17). The zero-order valence-corrected chi connectivity index (χ0v) is 11.2. The van der Waals surface area contributed by atoms with Gasteiger partial charge in [0.25, 0.3) is 0 Å². The molecule has 4 heteroatoms. The molecule has 2 amide bonds. The second kappa shape index (κ2) is 6.62. The van der Waals surface area contributed by atoms with E-state index < -0.39 is 0 Å². The molecule has 2 unspecified atom stereocenters. The van der Waals surface area contributed by atoms with Crippen LogP contribution in [0, 0.1) is 5.92 Å². The lowest BCUT2D eigenvalue weighted by molar-refractivity contribution is -0.134. The predicted octanol–water partition coefficient (Wildman–Crippen LogP) is 1.55. The molecule has 1 rings (SSSR count). The van der Waals surface area contributed by atoms with Gasteiger partial charge in [-0.3, -0.25) is 9.59 Å². The van der Waals surface area contributed by atoms with Crippen LogP contribution in [0.5, 0.6) is 0 Å². The molecule has 98 valence electrons. The van der Waals surface area contributed by atoms with Crippen LogP contribution in [-0.2, 0) is 9.59 Å². The molecule has 0 bridgehead atoms. The highest BCUT2D eigenvalue weighted by molar-refractivity contribution is 5.80. The topological polar surface area (TPSA) is 49.4 Å². The number of amides is 2. The maximum absolute atomic E-state index is 12.0. The van der Waals surface area contributed by atoms with Gasteiger partial charge < -0.3 is 10.2 Å². The summed E-state index contributed by atoms with van der Waals surface area (Å²) in [5.74, 6) is 0.160. The number of hydrogen-bond acceptors (Lipinski definition) is 2. The summed E-state index contributed by atoms with van der Waals surface area (Å²) in [4.78, 5) is 25.1. The molecular weight excluding hydrogens is 216 g/mol. The number of piperidine rings is 1. The van der Waals surface area contributed by atoms with Crippen LogP contribution in [0.2, 0.25) is 0 Å². The van der Waals surface area contributed by atoms with Gasteiger partial charge in [-0.25, -0.2) is 0 Å². The van der Waals surface area contributed by atoms with Gasteiger partial charge in [-0.15, -0.1) is 0 Å². The van der Waals surface area contributed by atoms with Crippen molar-refractivity contribution in [1.29, 1.82) is 0 Å². The molecule has 1 aliphatic heterocycles. The van der Waals surface area contributed by atoms with E-state index in [2.05, 4.69) is 12.2 Å².